The lowest BCUT2D eigenvalue weighted by atomic mass is 9.89. The van der Waals surface area contributed by atoms with Gasteiger partial charge in [-0.15, -0.1) is 0 Å². The van der Waals surface area contributed by atoms with Gasteiger partial charge in [-0.25, -0.2) is 0 Å². The Morgan fingerprint density at radius 2 is 2.00 bits per heavy atom. The van der Waals surface area contributed by atoms with Crippen molar-refractivity contribution >= 4 is 0 Å². The SMILES string of the molecule is CCCN1CCC(C)C(C)C1. The Balaban J connectivity index is 2.28. The molecule has 0 aliphatic carbocycles. The number of hydrogen-bond donors (Lipinski definition) is 0. The second kappa shape index (κ2) is 4.10. The van der Waals surface area contributed by atoms with Crippen molar-refractivity contribution < 1.29 is 0 Å². The van der Waals surface area contributed by atoms with Crippen LogP contribution in [0.1, 0.15) is 33.6 Å². The van der Waals surface area contributed by atoms with Gasteiger partial charge in [-0.1, -0.05) is 20.8 Å². The van der Waals surface area contributed by atoms with Crippen molar-refractivity contribution in [1.82, 2.24) is 4.90 Å². The van der Waals surface area contributed by atoms with Crippen molar-refractivity contribution in [2.75, 3.05) is 19.6 Å². The Morgan fingerprint density at radius 3 is 2.55 bits per heavy atom. The van der Waals surface area contributed by atoms with Gasteiger partial charge in [0.05, 0.1) is 0 Å². The van der Waals surface area contributed by atoms with Crippen LogP contribution >= 0.6 is 0 Å². The molecule has 1 fully saturated rings. The first-order valence-corrected chi connectivity index (χ1v) is 4.96. The minimum absolute atomic E-state index is 0.912. The quantitative estimate of drug-likeness (QED) is 0.592. The largest absolute Gasteiger partial charge is 0.303 e. The average molecular weight is 155 g/mol. The van der Waals surface area contributed by atoms with Crippen molar-refractivity contribution in [2.24, 2.45) is 11.8 Å². The maximum atomic E-state index is 2.60. The standard InChI is InChI=1S/C10H21N/c1-4-6-11-7-5-9(2)10(3)8-11/h9-10H,4-8H2,1-3H3. The predicted molar refractivity (Wildman–Crippen MR) is 49.7 cm³/mol. The third kappa shape index (κ3) is 2.48. The molecule has 0 amide bonds. The van der Waals surface area contributed by atoms with Crippen LogP contribution in [-0.4, -0.2) is 24.5 Å². The van der Waals surface area contributed by atoms with E-state index in [1.54, 1.807) is 0 Å². The molecule has 1 nitrogen and oxygen atoms in total. The van der Waals surface area contributed by atoms with Crippen LogP contribution in [0.25, 0.3) is 0 Å². The van der Waals surface area contributed by atoms with E-state index in [1.165, 1.54) is 32.5 Å². The third-order valence-electron chi connectivity index (χ3n) is 2.96. The van der Waals surface area contributed by atoms with E-state index in [4.69, 9.17) is 0 Å². The molecule has 1 heteroatoms. The molecule has 1 aliphatic rings. The van der Waals surface area contributed by atoms with Crippen LogP contribution in [0.3, 0.4) is 0 Å². The Hall–Kier alpha value is -0.0400. The molecule has 2 atom stereocenters. The van der Waals surface area contributed by atoms with Crippen LogP contribution in [0.2, 0.25) is 0 Å². The highest BCUT2D eigenvalue weighted by Crippen LogP contribution is 2.22. The van der Waals surface area contributed by atoms with E-state index >= 15 is 0 Å². The molecule has 0 aromatic heterocycles. The Morgan fingerprint density at radius 1 is 1.27 bits per heavy atom. The molecule has 0 spiro atoms. The Labute approximate surface area is 70.8 Å². The first-order chi connectivity index (χ1) is 5.24. The Kier molecular flexibility index (Phi) is 3.38. The maximum absolute atomic E-state index is 2.60. The van der Waals surface area contributed by atoms with Gasteiger partial charge in [-0.3, -0.25) is 0 Å². The highest BCUT2D eigenvalue weighted by molar-refractivity contribution is 4.74. The van der Waals surface area contributed by atoms with E-state index in [-0.39, 0.29) is 0 Å². The van der Waals surface area contributed by atoms with E-state index in [0.29, 0.717) is 0 Å². The van der Waals surface area contributed by atoms with Gasteiger partial charge in [0.1, 0.15) is 0 Å². The third-order valence-corrected chi connectivity index (χ3v) is 2.96. The Bertz CT molecular complexity index is 111. The minimum Gasteiger partial charge on any atom is -0.303 e. The van der Waals surface area contributed by atoms with E-state index < -0.39 is 0 Å². The molecule has 11 heavy (non-hydrogen) atoms. The second-order valence-electron chi connectivity index (χ2n) is 4.04. The van der Waals surface area contributed by atoms with Gasteiger partial charge in [-0.05, 0) is 37.8 Å². The molecular formula is C10H21N. The first kappa shape index (κ1) is 9.05. The molecule has 0 aromatic rings. The zero-order chi connectivity index (χ0) is 8.27. The average Bonchev–Trinajstić information content (AvgIpc) is 1.98. The lowest BCUT2D eigenvalue weighted by Crippen LogP contribution is -2.38. The minimum atomic E-state index is 0.912. The zero-order valence-corrected chi connectivity index (χ0v) is 8.14. The van der Waals surface area contributed by atoms with Crippen molar-refractivity contribution in [3.05, 3.63) is 0 Å². The number of rotatable bonds is 2. The molecule has 2 unspecified atom stereocenters. The van der Waals surface area contributed by atoms with Crippen molar-refractivity contribution in [3.8, 4) is 0 Å². The fraction of sp³-hybridized carbons (Fsp3) is 1.00. The molecule has 1 aliphatic heterocycles. The number of likely N-dealkylation sites (tertiary alicyclic amines) is 1. The van der Waals surface area contributed by atoms with Crippen molar-refractivity contribution in [3.63, 3.8) is 0 Å². The van der Waals surface area contributed by atoms with E-state index in [0.717, 1.165) is 11.8 Å². The first-order valence-electron chi connectivity index (χ1n) is 4.96. The normalized spacial score (nSPS) is 34.1. The molecular weight excluding hydrogens is 134 g/mol. The molecule has 1 rings (SSSR count). The van der Waals surface area contributed by atoms with Crippen LogP contribution in [-0.2, 0) is 0 Å². The summed E-state index contributed by atoms with van der Waals surface area (Å²) in [5.41, 5.74) is 0. The van der Waals surface area contributed by atoms with Crippen LogP contribution < -0.4 is 0 Å². The maximum Gasteiger partial charge on any atom is 0.000957 e. The fourth-order valence-electron chi connectivity index (χ4n) is 1.87. The number of nitrogens with zero attached hydrogens (tertiary/aromatic N) is 1. The second-order valence-corrected chi connectivity index (χ2v) is 4.04. The summed E-state index contributed by atoms with van der Waals surface area (Å²) in [5.74, 6) is 1.86. The predicted octanol–water partition coefficient (Wildman–Crippen LogP) is 2.37. The van der Waals surface area contributed by atoms with Crippen molar-refractivity contribution in [1.29, 1.82) is 0 Å². The summed E-state index contributed by atoms with van der Waals surface area (Å²) < 4.78 is 0. The van der Waals surface area contributed by atoms with Gasteiger partial charge in [0, 0.05) is 6.54 Å². The molecule has 66 valence electrons. The molecule has 0 N–H and O–H groups in total. The highest BCUT2D eigenvalue weighted by Gasteiger charge is 2.21. The summed E-state index contributed by atoms with van der Waals surface area (Å²) in [5, 5.41) is 0. The fourth-order valence-corrected chi connectivity index (χ4v) is 1.87. The van der Waals surface area contributed by atoms with Gasteiger partial charge >= 0.3 is 0 Å². The topological polar surface area (TPSA) is 3.24 Å². The molecule has 1 saturated heterocycles. The van der Waals surface area contributed by atoms with Crippen LogP contribution in [0.5, 0.6) is 0 Å². The molecule has 0 saturated carbocycles. The smallest absolute Gasteiger partial charge is 0.000957 e. The van der Waals surface area contributed by atoms with Crippen molar-refractivity contribution in [2.45, 2.75) is 33.6 Å². The van der Waals surface area contributed by atoms with Gasteiger partial charge in [0.2, 0.25) is 0 Å². The van der Waals surface area contributed by atoms with Crippen LogP contribution in [0, 0.1) is 11.8 Å². The van der Waals surface area contributed by atoms with Gasteiger partial charge in [0.25, 0.3) is 0 Å². The van der Waals surface area contributed by atoms with Crippen LogP contribution in [0.4, 0.5) is 0 Å². The molecule has 1 heterocycles. The molecule has 0 radical (unpaired) electrons. The highest BCUT2D eigenvalue weighted by atomic mass is 15.1. The lowest BCUT2D eigenvalue weighted by molar-refractivity contribution is 0.139. The summed E-state index contributed by atoms with van der Waals surface area (Å²) in [6.07, 6.45) is 2.71. The zero-order valence-electron chi connectivity index (χ0n) is 8.14. The van der Waals surface area contributed by atoms with Gasteiger partial charge < -0.3 is 4.90 Å². The van der Waals surface area contributed by atoms with E-state index in [2.05, 4.69) is 25.7 Å². The summed E-state index contributed by atoms with van der Waals surface area (Å²) in [6, 6.07) is 0. The monoisotopic (exact) mass is 155 g/mol. The summed E-state index contributed by atoms with van der Waals surface area (Å²) in [6.45, 7) is 11.0. The van der Waals surface area contributed by atoms with Gasteiger partial charge in [-0.2, -0.15) is 0 Å². The van der Waals surface area contributed by atoms with Crippen LogP contribution in [0.15, 0.2) is 0 Å². The van der Waals surface area contributed by atoms with E-state index in [9.17, 15) is 0 Å². The summed E-state index contributed by atoms with van der Waals surface area (Å²) >= 11 is 0. The number of piperidine rings is 1. The lowest BCUT2D eigenvalue weighted by Gasteiger charge is -2.34. The molecule has 0 aromatic carbocycles. The summed E-state index contributed by atoms with van der Waals surface area (Å²) in [7, 11) is 0. The molecule has 0 bridgehead atoms. The summed E-state index contributed by atoms with van der Waals surface area (Å²) in [4.78, 5) is 2.60. The van der Waals surface area contributed by atoms with E-state index in [1.807, 2.05) is 0 Å². The van der Waals surface area contributed by atoms with Gasteiger partial charge in [0.15, 0.2) is 0 Å². The number of hydrogen-bond acceptors (Lipinski definition) is 1.